The zero-order valence-corrected chi connectivity index (χ0v) is 11.5. The lowest BCUT2D eigenvalue weighted by Gasteiger charge is -2.29. The van der Waals surface area contributed by atoms with Gasteiger partial charge in [-0.25, -0.2) is 9.18 Å². The first-order valence-corrected chi connectivity index (χ1v) is 6.90. The third kappa shape index (κ3) is 3.69. The van der Waals surface area contributed by atoms with E-state index in [0.29, 0.717) is 11.6 Å². The lowest BCUT2D eigenvalue weighted by atomic mass is 9.86. The number of rotatable bonds is 2. The smallest absolute Gasteiger partial charge is 0.319 e. The Bertz CT molecular complexity index is 461. The lowest BCUT2D eigenvalue weighted by Crippen LogP contribution is -2.43. The predicted molar refractivity (Wildman–Crippen MR) is 74.7 cm³/mol. The molecule has 1 aromatic carbocycles. The van der Waals surface area contributed by atoms with Crippen molar-refractivity contribution in [3.8, 4) is 0 Å². The fourth-order valence-electron chi connectivity index (χ4n) is 2.59. The van der Waals surface area contributed by atoms with Crippen molar-refractivity contribution < 1.29 is 9.18 Å². The van der Waals surface area contributed by atoms with Crippen molar-refractivity contribution in [2.45, 2.75) is 45.6 Å². The first kappa shape index (κ1) is 13.8. The number of urea groups is 1. The summed E-state index contributed by atoms with van der Waals surface area (Å²) in [5.41, 5.74) is 1.38. The average Bonchev–Trinajstić information content (AvgIpc) is 2.37. The molecule has 19 heavy (non-hydrogen) atoms. The fraction of sp³-hybridized carbons (Fsp3) is 0.533. The van der Waals surface area contributed by atoms with Gasteiger partial charge in [0.15, 0.2) is 0 Å². The van der Waals surface area contributed by atoms with Crippen molar-refractivity contribution >= 4 is 11.7 Å². The number of anilines is 1. The molecule has 1 saturated carbocycles. The topological polar surface area (TPSA) is 41.1 Å². The molecule has 0 aliphatic heterocycles. The van der Waals surface area contributed by atoms with Crippen LogP contribution in [0.15, 0.2) is 18.2 Å². The number of hydrogen-bond donors (Lipinski definition) is 2. The van der Waals surface area contributed by atoms with Gasteiger partial charge in [-0.15, -0.1) is 0 Å². The molecule has 1 aliphatic carbocycles. The zero-order chi connectivity index (χ0) is 13.8. The van der Waals surface area contributed by atoms with Gasteiger partial charge >= 0.3 is 6.03 Å². The summed E-state index contributed by atoms with van der Waals surface area (Å²) in [6, 6.07) is 4.38. The summed E-state index contributed by atoms with van der Waals surface area (Å²) in [5, 5.41) is 5.72. The molecular formula is C15H21FN2O. The third-order valence-corrected chi connectivity index (χ3v) is 3.88. The number of carbonyl (C=O) groups is 1. The monoisotopic (exact) mass is 264 g/mol. The number of halogens is 1. The largest absolute Gasteiger partial charge is 0.335 e. The van der Waals surface area contributed by atoms with Crippen molar-refractivity contribution in [1.29, 1.82) is 0 Å². The maximum absolute atomic E-state index is 13.1. The maximum atomic E-state index is 13.1. The van der Waals surface area contributed by atoms with Gasteiger partial charge in [-0.05, 0) is 43.4 Å². The van der Waals surface area contributed by atoms with Crippen LogP contribution in [0.4, 0.5) is 14.9 Å². The first-order valence-electron chi connectivity index (χ1n) is 6.90. The summed E-state index contributed by atoms with van der Waals surface area (Å²) in [6.45, 7) is 4.01. The molecule has 3 nitrogen and oxygen atoms in total. The second kappa shape index (κ2) is 6.04. The van der Waals surface area contributed by atoms with Crippen molar-refractivity contribution in [1.82, 2.24) is 5.32 Å². The number of nitrogens with one attached hydrogen (secondary N) is 2. The van der Waals surface area contributed by atoms with Gasteiger partial charge in [0.05, 0.1) is 0 Å². The predicted octanol–water partition coefficient (Wildman–Crippen LogP) is 3.83. The van der Waals surface area contributed by atoms with Gasteiger partial charge in [0.1, 0.15) is 5.82 Å². The molecule has 4 heteroatoms. The highest BCUT2D eigenvalue weighted by molar-refractivity contribution is 5.90. The number of carbonyl (C=O) groups excluding carboxylic acids is 1. The van der Waals surface area contributed by atoms with Crippen LogP contribution in [0.2, 0.25) is 0 Å². The summed E-state index contributed by atoms with van der Waals surface area (Å²) in [7, 11) is 0. The molecule has 0 bridgehead atoms. The summed E-state index contributed by atoms with van der Waals surface area (Å²) in [6.07, 6.45) is 4.58. The molecule has 2 amide bonds. The highest BCUT2D eigenvalue weighted by Crippen LogP contribution is 2.24. The van der Waals surface area contributed by atoms with Crippen molar-refractivity contribution in [2.75, 3.05) is 5.32 Å². The van der Waals surface area contributed by atoms with Crippen molar-refractivity contribution in [2.24, 2.45) is 5.92 Å². The third-order valence-electron chi connectivity index (χ3n) is 3.88. The van der Waals surface area contributed by atoms with Crippen LogP contribution >= 0.6 is 0 Å². The summed E-state index contributed by atoms with van der Waals surface area (Å²) >= 11 is 0. The zero-order valence-electron chi connectivity index (χ0n) is 11.5. The van der Waals surface area contributed by atoms with E-state index in [4.69, 9.17) is 0 Å². The molecule has 0 saturated heterocycles. The van der Waals surface area contributed by atoms with Gasteiger partial charge in [-0.2, -0.15) is 0 Å². The molecule has 0 radical (unpaired) electrons. The Morgan fingerprint density at radius 3 is 2.79 bits per heavy atom. The Morgan fingerprint density at radius 2 is 2.05 bits per heavy atom. The Morgan fingerprint density at radius 1 is 1.32 bits per heavy atom. The summed E-state index contributed by atoms with van der Waals surface area (Å²) in [4.78, 5) is 11.9. The van der Waals surface area contributed by atoms with E-state index in [1.54, 1.807) is 6.07 Å². The van der Waals surface area contributed by atoms with E-state index in [-0.39, 0.29) is 17.9 Å². The van der Waals surface area contributed by atoms with Gasteiger partial charge in [0.25, 0.3) is 0 Å². The van der Waals surface area contributed by atoms with Gasteiger partial charge in [-0.3, -0.25) is 0 Å². The molecule has 1 aliphatic rings. The van der Waals surface area contributed by atoms with Crippen LogP contribution in [0.1, 0.15) is 38.2 Å². The average molecular weight is 264 g/mol. The van der Waals surface area contributed by atoms with E-state index < -0.39 is 0 Å². The number of hydrogen-bond acceptors (Lipinski definition) is 1. The van der Waals surface area contributed by atoms with E-state index in [2.05, 4.69) is 17.6 Å². The van der Waals surface area contributed by atoms with Crippen LogP contribution < -0.4 is 10.6 Å². The molecular weight excluding hydrogens is 243 g/mol. The fourth-order valence-corrected chi connectivity index (χ4v) is 2.59. The summed E-state index contributed by atoms with van der Waals surface area (Å²) < 4.78 is 13.1. The highest BCUT2D eigenvalue weighted by atomic mass is 19.1. The Labute approximate surface area is 113 Å². The van der Waals surface area contributed by atoms with Crippen molar-refractivity contribution in [3.05, 3.63) is 29.6 Å². The highest BCUT2D eigenvalue weighted by Gasteiger charge is 2.22. The summed E-state index contributed by atoms with van der Waals surface area (Å²) in [5.74, 6) is 0.167. The van der Waals surface area contributed by atoms with Crippen LogP contribution in [0, 0.1) is 18.7 Å². The lowest BCUT2D eigenvalue weighted by molar-refractivity contribution is 0.232. The second-order valence-corrected chi connectivity index (χ2v) is 5.43. The Hall–Kier alpha value is -1.58. The minimum atomic E-state index is -0.341. The second-order valence-electron chi connectivity index (χ2n) is 5.43. The van der Waals surface area contributed by atoms with E-state index in [1.165, 1.54) is 18.6 Å². The van der Waals surface area contributed by atoms with E-state index in [1.807, 2.05) is 6.92 Å². The van der Waals surface area contributed by atoms with Crippen LogP contribution in [-0.4, -0.2) is 12.1 Å². The number of amides is 2. The molecule has 2 N–H and O–H groups in total. The van der Waals surface area contributed by atoms with Gasteiger partial charge in [0, 0.05) is 11.7 Å². The van der Waals surface area contributed by atoms with Crippen LogP contribution in [0.3, 0.4) is 0 Å². The molecule has 2 rings (SSSR count). The standard InChI is InChI=1S/C15H21FN2O/c1-10-5-3-4-6-13(10)17-15(19)18-14-9-12(16)8-7-11(14)2/h7-10,13H,3-6H2,1-2H3,(H2,17,18,19)/t10-,13-/m1/s1. The van der Waals surface area contributed by atoms with Crippen LogP contribution in [-0.2, 0) is 0 Å². The minimum Gasteiger partial charge on any atom is -0.335 e. The number of aryl methyl sites for hydroxylation is 1. The van der Waals surface area contributed by atoms with Gasteiger partial charge < -0.3 is 10.6 Å². The molecule has 0 heterocycles. The van der Waals surface area contributed by atoms with E-state index in [0.717, 1.165) is 24.8 Å². The van der Waals surface area contributed by atoms with Gasteiger partial charge in [-0.1, -0.05) is 25.8 Å². The van der Waals surface area contributed by atoms with Crippen LogP contribution in [0.5, 0.6) is 0 Å². The van der Waals surface area contributed by atoms with Gasteiger partial charge in [0.2, 0.25) is 0 Å². The quantitative estimate of drug-likeness (QED) is 0.837. The van der Waals surface area contributed by atoms with Crippen LogP contribution in [0.25, 0.3) is 0 Å². The van der Waals surface area contributed by atoms with Crippen molar-refractivity contribution in [3.63, 3.8) is 0 Å². The van der Waals surface area contributed by atoms with E-state index >= 15 is 0 Å². The SMILES string of the molecule is Cc1ccc(F)cc1NC(=O)N[C@@H]1CCCC[C@H]1C. The molecule has 0 unspecified atom stereocenters. The molecule has 0 spiro atoms. The molecule has 0 aromatic heterocycles. The van der Waals surface area contributed by atoms with E-state index in [9.17, 15) is 9.18 Å². The molecule has 1 aromatic rings. The Balaban J connectivity index is 1.95. The number of benzene rings is 1. The molecule has 104 valence electrons. The minimum absolute atomic E-state index is 0.225. The Kier molecular flexibility index (Phi) is 4.40. The molecule has 1 fully saturated rings. The normalized spacial score (nSPS) is 22.9. The maximum Gasteiger partial charge on any atom is 0.319 e. The first-order chi connectivity index (χ1) is 9.06. The molecule has 2 atom stereocenters.